The third-order valence-corrected chi connectivity index (χ3v) is 3.49. The van der Waals surface area contributed by atoms with Crippen LogP contribution in [-0.2, 0) is 14.3 Å². The maximum atomic E-state index is 11.9. The van der Waals surface area contributed by atoms with E-state index >= 15 is 0 Å². The molecule has 1 aromatic carbocycles. The molecule has 4 heteroatoms. The van der Waals surface area contributed by atoms with E-state index in [4.69, 9.17) is 4.74 Å². The summed E-state index contributed by atoms with van der Waals surface area (Å²) in [6.45, 7) is 2.66. The normalized spacial score (nSPS) is 10.7. The van der Waals surface area contributed by atoms with Gasteiger partial charge in [-0.25, -0.2) is 9.59 Å². The van der Waals surface area contributed by atoms with Crippen molar-refractivity contribution in [1.82, 2.24) is 0 Å². The monoisotopic (exact) mass is 318 g/mol. The highest BCUT2D eigenvalue weighted by Gasteiger charge is 2.06. The van der Waals surface area contributed by atoms with Gasteiger partial charge < -0.3 is 9.47 Å². The van der Waals surface area contributed by atoms with Crippen LogP contribution in [0.5, 0.6) is 0 Å². The van der Waals surface area contributed by atoms with E-state index in [1.54, 1.807) is 30.3 Å². The van der Waals surface area contributed by atoms with E-state index in [9.17, 15) is 9.59 Å². The number of unbranched alkanes of at least 4 members (excludes halogenated alkanes) is 5. The van der Waals surface area contributed by atoms with Gasteiger partial charge >= 0.3 is 11.9 Å². The number of esters is 2. The first kappa shape index (κ1) is 18.9. The van der Waals surface area contributed by atoms with Gasteiger partial charge in [0.15, 0.2) is 0 Å². The lowest BCUT2D eigenvalue weighted by molar-refractivity contribution is -0.134. The summed E-state index contributed by atoms with van der Waals surface area (Å²) in [6, 6.07) is 6.92. The summed E-state index contributed by atoms with van der Waals surface area (Å²) in [5.74, 6) is -0.713. The number of benzene rings is 1. The van der Waals surface area contributed by atoms with Gasteiger partial charge in [-0.15, -0.1) is 0 Å². The third kappa shape index (κ3) is 8.19. The molecule has 1 aromatic rings. The Hall–Kier alpha value is -2.10. The van der Waals surface area contributed by atoms with E-state index in [0.29, 0.717) is 12.2 Å². The van der Waals surface area contributed by atoms with Crippen LogP contribution < -0.4 is 0 Å². The number of rotatable bonds is 10. The minimum Gasteiger partial charge on any atom is -0.466 e. The van der Waals surface area contributed by atoms with Crippen LogP contribution in [0.25, 0.3) is 6.08 Å². The zero-order valence-electron chi connectivity index (χ0n) is 14.0. The molecule has 0 aliphatic carbocycles. The van der Waals surface area contributed by atoms with Crippen LogP contribution in [0.15, 0.2) is 30.3 Å². The molecule has 126 valence electrons. The first-order chi connectivity index (χ1) is 11.2. The van der Waals surface area contributed by atoms with Crippen molar-refractivity contribution in [3.05, 3.63) is 41.5 Å². The third-order valence-electron chi connectivity index (χ3n) is 3.49. The van der Waals surface area contributed by atoms with Crippen molar-refractivity contribution in [2.75, 3.05) is 13.7 Å². The largest absolute Gasteiger partial charge is 0.466 e. The van der Waals surface area contributed by atoms with E-state index in [1.165, 1.54) is 38.9 Å². The van der Waals surface area contributed by atoms with Gasteiger partial charge in [0, 0.05) is 6.08 Å². The van der Waals surface area contributed by atoms with Crippen LogP contribution in [0.1, 0.15) is 61.4 Å². The highest BCUT2D eigenvalue weighted by atomic mass is 16.5. The quantitative estimate of drug-likeness (QED) is 0.365. The van der Waals surface area contributed by atoms with Gasteiger partial charge in [0.2, 0.25) is 0 Å². The van der Waals surface area contributed by atoms with E-state index in [2.05, 4.69) is 11.7 Å². The van der Waals surface area contributed by atoms with Crippen LogP contribution in [0.3, 0.4) is 0 Å². The second-order valence-electron chi connectivity index (χ2n) is 5.38. The molecule has 0 fully saturated rings. The Kier molecular flexibility index (Phi) is 9.45. The predicted octanol–water partition coefficient (Wildman–Crippen LogP) is 4.39. The van der Waals surface area contributed by atoms with Gasteiger partial charge in [0.25, 0.3) is 0 Å². The minimum absolute atomic E-state index is 0.304. The first-order valence-electron chi connectivity index (χ1n) is 8.20. The van der Waals surface area contributed by atoms with Crippen molar-refractivity contribution >= 4 is 18.0 Å². The molecule has 0 bridgehead atoms. The fourth-order valence-electron chi connectivity index (χ4n) is 2.09. The average Bonchev–Trinajstić information content (AvgIpc) is 2.59. The molecule has 4 nitrogen and oxygen atoms in total. The van der Waals surface area contributed by atoms with Crippen molar-refractivity contribution < 1.29 is 19.1 Å². The molecule has 0 unspecified atom stereocenters. The molecule has 0 amide bonds. The van der Waals surface area contributed by atoms with Gasteiger partial charge in [-0.3, -0.25) is 0 Å². The molecule has 0 aromatic heterocycles. The van der Waals surface area contributed by atoms with Crippen LogP contribution in [0.4, 0.5) is 0 Å². The van der Waals surface area contributed by atoms with E-state index in [0.717, 1.165) is 18.4 Å². The number of hydrogen-bond donors (Lipinski definition) is 0. The van der Waals surface area contributed by atoms with Gasteiger partial charge in [-0.2, -0.15) is 0 Å². The highest BCUT2D eigenvalue weighted by molar-refractivity contribution is 5.90. The van der Waals surface area contributed by atoms with Gasteiger partial charge in [-0.1, -0.05) is 51.2 Å². The summed E-state index contributed by atoms with van der Waals surface area (Å²) in [4.78, 5) is 22.9. The van der Waals surface area contributed by atoms with Gasteiger partial charge in [-0.05, 0) is 30.2 Å². The lowest BCUT2D eigenvalue weighted by atomic mass is 10.1. The van der Waals surface area contributed by atoms with Crippen LogP contribution >= 0.6 is 0 Å². The summed E-state index contributed by atoms with van der Waals surface area (Å²) in [5.41, 5.74) is 1.34. The number of methoxy groups -OCH3 is 1. The molecule has 0 aliphatic rings. The van der Waals surface area contributed by atoms with Gasteiger partial charge in [0.05, 0.1) is 19.3 Å². The summed E-state index contributed by atoms with van der Waals surface area (Å²) in [7, 11) is 1.33. The summed E-state index contributed by atoms with van der Waals surface area (Å²) >= 11 is 0. The van der Waals surface area contributed by atoms with Crippen LogP contribution in [-0.4, -0.2) is 25.7 Å². The van der Waals surface area contributed by atoms with Crippen molar-refractivity contribution in [2.45, 2.75) is 45.4 Å². The molecule has 23 heavy (non-hydrogen) atoms. The first-order valence-corrected chi connectivity index (χ1v) is 8.20. The standard InChI is InChI=1S/C19H26O4/c1-3-4-5-6-7-8-15-23-19(21)17-12-9-16(10-13-17)11-14-18(20)22-2/h9-14H,3-8,15H2,1-2H3/b14-11+. The van der Waals surface area contributed by atoms with Crippen molar-refractivity contribution in [2.24, 2.45) is 0 Å². The Bertz CT molecular complexity index is 503. The lowest BCUT2D eigenvalue weighted by Crippen LogP contribution is -2.06. The fraction of sp³-hybridized carbons (Fsp3) is 0.474. The Morgan fingerprint density at radius 3 is 2.30 bits per heavy atom. The van der Waals surface area contributed by atoms with Crippen molar-refractivity contribution in [3.63, 3.8) is 0 Å². The zero-order chi connectivity index (χ0) is 16.9. The van der Waals surface area contributed by atoms with E-state index in [-0.39, 0.29) is 5.97 Å². The Labute approximate surface area is 138 Å². The molecule has 1 rings (SSSR count). The number of ether oxygens (including phenoxy) is 2. The van der Waals surface area contributed by atoms with E-state index < -0.39 is 5.97 Å². The smallest absolute Gasteiger partial charge is 0.338 e. The predicted molar refractivity (Wildman–Crippen MR) is 91.2 cm³/mol. The molecule has 0 saturated heterocycles. The fourth-order valence-corrected chi connectivity index (χ4v) is 2.09. The van der Waals surface area contributed by atoms with Crippen LogP contribution in [0, 0.1) is 0 Å². The molecule has 0 atom stereocenters. The maximum Gasteiger partial charge on any atom is 0.338 e. The number of carbonyl (C=O) groups is 2. The second kappa shape index (κ2) is 11.5. The van der Waals surface area contributed by atoms with Crippen molar-refractivity contribution in [3.8, 4) is 0 Å². The molecule has 0 radical (unpaired) electrons. The molecule has 0 saturated carbocycles. The average molecular weight is 318 g/mol. The zero-order valence-corrected chi connectivity index (χ0v) is 14.0. The molecule has 0 aliphatic heterocycles. The Morgan fingerprint density at radius 2 is 1.65 bits per heavy atom. The lowest BCUT2D eigenvalue weighted by Gasteiger charge is -2.05. The van der Waals surface area contributed by atoms with Gasteiger partial charge in [0.1, 0.15) is 0 Å². The minimum atomic E-state index is -0.410. The maximum absolute atomic E-state index is 11.9. The van der Waals surface area contributed by atoms with Crippen molar-refractivity contribution in [1.29, 1.82) is 0 Å². The Balaban J connectivity index is 2.31. The summed E-state index contributed by atoms with van der Waals surface area (Å²) in [5, 5.41) is 0. The SMILES string of the molecule is CCCCCCCCOC(=O)c1ccc(/C=C/C(=O)OC)cc1. The topological polar surface area (TPSA) is 52.6 Å². The molecular weight excluding hydrogens is 292 g/mol. The molecule has 0 heterocycles. The van der Waals surface area contributed by atoms with Crippen LogP contribution in [0.2, 0.25) is 0 Å². The molecule has 0 N–H and O–H groups in total. The number of carbonyl (C=O) groups excluding carboxylic acids is 2. The molecular formula is C19H26O4. The molecule has 0 spiro atoms. The summed E-state index contributed by atoms with van der Waals surface area (Å²) < 4.78 is 9.78. The highest BCUT2D eigenvalue weighted by Crippen LogP contribution is 2.09. The number of hydrogen-bond acceptors (Lipinski definition) is 4. The van der Waals surface area contributed by atoms with E-state index in [1.807, 2.05) is 0 Å². The Morgan fingerprint density at radius 1 is 1.00 bits per heavy atom. The summed E-state index contributed by atoms with van der Waals surface area (Å²) in [6.07, 6.45) is 9.96. The second-order valence-corrected chi connectivity index (χ2v) is 5.38.